The highest BCUT2D eigenvalue weighted by atomic mass is 32.2. The van der Waals surface area contributed by atoms with E-state index < -0.39 is 5.97 Å². The summed E-state index contributed by atoms with van der Waals surface area (Å²) in [4.78, 5) is 23.2. The molecular formula is C11H10N4O2S. The molecule has 0 fully saturated rings. The first kappa shape index (κ1) is 12.3. The standard InChI is InChI=1S/C11H10N4O2S/c1-6-2-3-13-11(15-6)18-9-4-7(10(16)17)8(12)5-14-9/h2-5H,12H2,1H3,(H,16,17). The number of aryl methyl sites for hydroxylation is 1. The topological polar surface area (TPSA) is 102 Å². The maximum Gasteiger partial charge on any atom is 0.337 e. The quantitative estimate of drug-likeness (QED) is 0.810. The van der Waals surface area contributed by atoms with E-state index in [0.717, 1.165) is 5.69 Å². The van der Waals surface area contributed by atoms with E-state index in [-0.39, 0.29) is 11.3 Å². The Labute approximate surface area is 107 Å². The number of rotatable bonds is 3. The molecule has 6 nitrogen and oxygen atoms in total. The molecule has 7 heteroatoms. The monoisotopic (exact) mass is 262 g/mol. The van der Waals surface area contributed by atoms with Gasteiger partial charge in [0, 0.05) is 11.9 Å². The summed E-state index contributed by atoms with van der Waals surface area (Å²) in [6.45, 7) is 1.85. The SMILES string of the molecule is Cc1ccnc(Sc2cc(C(=O)O)c(N)cn2)n1. The fraction of sp³-hybridized carbons (Fsp3) is 0.0909. The Kier molecular flexibility index (Phi) is 3.42. The van der Waals surface area contributed by atoms with Gasteiger partial charge in [0.05, 0.1) is 17.4 Å². The fourth-order valence-corrected chi connectivity index (χ4v) is 2.03. The number of aromatic carboxylic acids is 1. The highest BCUT2D eigenvalue weighted by molar-refractivity contribution is 7.99. The van der Waals surface area contributed by atoms with Gasteiger partial charge in [-0.15, -0.1) is 0 Å². The molecule has 2 aromatic heterocycles. The Morgan fingerprint density at radius 3 is 2.89 bits per heavy atom. The molecule has 2 heterocycles. The Balaban J connectivity index is 2.30. The van der Waals surface area contributed by atoms with Gasteiger partial charge in [-0.25, -0.2) is 19.7 Å². The molecule has 0 aliphatic heterocycles. The lowest BCUT2D eigenvalue weighted by molar-refractivity contribution is 0.0697. The van der Waals surface area contributed by atoms with Crippen molar-refractivity contribution in [2.24, 2.45) is 0 Å². The number of hydrogen-bond acceptors (Lipinski definition) is 6. The number of carbonyl (C=O) groups is 1. The van der Waals surface area contributed by atoms with Crippen LogP contribution in [0.15, 0.2) is 34.7 Å². The van der Waals surface area contributed by atoms with Crippen molar-refractivity contribution in [2.75, 3.05) is 5.73 Å². The van der Waals surface area contributed by atoms with Crippen molar-refractivity contribution in [2.45, 2.75) is 17.1 Å². The Morgan fingerprint density at radius 1 is 1.44 bits per heavy atom. The van der Waals surface area contributed by atoms with Crippen molar-refractivity contribution >= 4 is 23.4 Å². The zero-order valence-corrected chi connectivity index (χ0v) is 10.3. The second kappa shape index (κ2) is 5.01. The number of nitrogens with zero attached hydrogens (tertiary/aromatic N) is 3. The molecule has 0 spiro atoms. The van der Waals surface area contributed by atoms with E-state index in [0.29, 0.717) is 10.2 Å². The number of hydrogen-bond donors (Lipinski definition) is 2. The van der Waals surface area contributed by atoms with Crippen molar-refractivity contribution in [3.05, 3.63) is 35.8 Å². The summed E-state index contributed by atoms with van der Waals surface area (Å²) in [5.41, 5.74) is 6.52. The van der Waals surface area contributed by atoms with Crippen LogP contribution in [0.1, 0.15) is 16.1 Å². The van der Waals surface area contributed by atoms with Crippen LogP contribution in [0.5, 0.6) is 0 Å². The highest BCUT2D eigenvalue weighted by Gasteiger charge is 2.11. The van der Waals surface area contributed by atoms with Gasteiger partial charge < -0.3 is 10.8 Å². The number of aromatic nitrogens is 3. The highest BCUT2D eigenvalue weighted by Crippen LogP contribution is 2.25. The van der Waals surface area contributed by atoms with Gasteiger partial charge >= 0.3 is 5.97 Å². The minimum Gasteiger partial charge on any atom is -0.478 e. The lowest BCUT2D eigenvalue weighted by atomic mass is 10.2. The van der Waals surface area contributed by atoms with E-state index in [1.165, 1.54) is 24.0 Å². The lowest BCUT2D eigenvalue weighted by Gasteiger charge is -2.03. The molecule has 0 aromatic carbocycles. The van der Waals surface area contributed by atoms with Gasteiger partial charge in [0.1, 0.15) is 5.03 Å². The Bertz CT molecular complexity index is 603. The van der Waals surface area contributed by atoms with Gasteiger partial charge in [0.15, 0.2) is 5.16 Å². The fourth-order valence-electron chi connectivity index (χ4n) is 1.26. The minimum atomic E-state index is -1.08. The van der Waals surface area contributed by atoms with Crippen molar-refractivity contribution in [1.29, 1.82) is 0 Å². The maximum atomic E-state index is 10.9. The predicted octanol–water partition coefficient (Wildman–Crippen LogP) is 1.61. The van der Waals surface area contributed by atoms with Crippen molar-refractivity contribution in [3.63, 3.8) is 0 Å². The number of anilines is 1. The number of pyridine rings is 1. The van der Waals surface area contributed by atoms with E-state index in [9.17, 15) is 4.79 Å². The van der Waals surface area contributed by atoms with Crippen LogP contribution in [-0.2, 0) is 0 Å². The molecule has 0 atom stereocenters. The summed E-state index contributed by atoms with van der Waals surface area (Å²) in [6, 6.07) is 3.19. The zero-order chi connectivity index (χ0) is 13.1. The van der Waals surface area contributed by atoms with Crippen LogP contribution in [0.4, 0.5) is 5.69 Å². The van der Waals surface area contributed by atoms with E-state index in [1.807, 2.05) is 6.92 Å². The summed E-state index contributed by atoms with van der Waals surface area (Å²) in [5, 5.41) is 9.96. The average molecular weight is 262 g/mol. The molecule has 0 saturated carbocycles. The van der Waals surface area contributed by atoms with Crippen LogP contribution in [0, 0.1) is 6.92 Å². The van der Waals surface area contributed by atoms with E-state index >= 15 is 0 Å². The van der Waals surface area contributed by atoms with Crippen LogP contribution >= 0.6 is 11.8 Å². The van der Waals surface area contributed by atoms with Crippen molar-refractivity contribution in [1.82, 2.24) is 15.0 Å². The van der Waals surface area contributed by atoms with Crippen LogP contribution in [0.25, 0.3) is 0 Å². The largest absolute Gasteiger partial charge is 0.478 e. The van der Waals surface area contributed by atoms with E-state index in [1.54, 1.807) is 12.3 Å². The first-order chi connectivity index (χ1) is 8.56. The number of carboxylic acids is 1. The van der Waals surface area contributed by atoms with Crippen molar-refractivity contribution in [3.8, 4) is 0 Å². The number of nitrogen functional groups attached to an aromatic ring is 1. The normalized spacial score (nSPS) is 10.3. The molecule has 0 unspecified atom stereocenters. The summed E-state index contributed by atoms with van der Waals surface area (Å²) in [5.74, 6) is -1.08. The first-order valence-electron chi connectivity index (χ1n) is 5.02. The van der Waals surface area contributed by atoms with Crippen LogP contribution in [0.2, 0.25) is 0 Å². The van der Waals surface area contributed by atoms with Crippen molar-refractivity contribution < 1.29 is 9.90 Å². The molecule has 3 N–H and O–H groups in total. The average Bonchev–Trinajstić information content (AvgIpc) is 2.31. The van der Waals surface area contributed by atoms with Gasteiger partial charge in [-0.2, -0.15) is 0 Å². The van der Waals surface area contributed by atoms with Gasteiger partial charge in [-0.3, -0.25) is 0 Å². The molecule has 0 bridgehead atoms. The molecule has 0 aliphatic carbocycles. The van der Waals surface area contributed by atoms with Crippen LogP contribution in [-0.4, -0.2) is 26.0 Å². The molecule has 0 radical (unpaired) electrons. The third-order valence-electron chi connectivity index (χ3n) is 2.11. The molecule has 2 rings (SSSR count). The van der Waals surface area contributed by atoms with Gasteiger partial charge in [-0.05, 0) is 30.8 Å². The summed E-state index contributed by atoms with van der Waals surface area (Å²) in [6.07, 6.45) is 2.96. The van der Waals surface area contributed by atoms with Gasteiger partial charge in [0.2, 0.25) is 0 Å². The second-order valence-electron chi connectivity index (χ2n) is 3.50. The molecule has 0 amide bonds. The first-order valence-corrected chi connectivity index (χ1v) is 5.84. The maximum absolute atomic E-state index is 10.9. The summed E-state index contributed by atoms with van der Waals surface area (Å²) in [7, 11) is 0. The number of nitrogens with two attached hydrogens (primary N) is 1. The molecular weight excluding hydrogens is 252 g/mol. The summed E-state index contributed by atoms with van der Waals surface area (Å²) >= 11 is 1.19. The molecule has 0 aliphatic rings. The zero-order valence-electron chi connectivity index (χ0n) is 9.49. The van der Waals surface area contributed by atoms with E-state index in [4.69, 9.17) is 10.8 Å². The second-order valence-corrected chi connectivity index (χ2v) is 4.49. The molecule has 18 heavy (non-hydrogen) atoms. The number of carboxylic acid groups (broad SMARTS) is 1. The van der Waals surface area contributed by atoms with E-state index in [2.05, 4.69) is 15.0 Å². The van der Waals surface area contributed by atoms with Gasteiger partial charge in [-0.1, -0.05) is 0 Å². The smallest absolute Gasteiger partial charge is 0.337 e. The molecule has 2 aromatic rings. The third-order valence-corrected chi connectivity index (χ3v) is 2.92. The molecule has 0 saturated heterocycles. The van der Waals surface area contributed by atoms with Crippen LogP contribution in [0.3, 0.4) is 0 Å². The third kappa shape index (κ3) is 2.75. The lowest BCUT2D eigenvalue weighted by Crippen LogP contribution is -2.03. The predicted molar refractivity (Wildman–Crippen MR) is 66.5 cm³/mol. The minimum absolute atomic E-state index is 0.0279. The summed E-state index contributed by atoms with van der Waals surface area (Å²) < 4.78 is 0. The Morgan fingerprint density at radius 2 is 2.22 bits per heavy atom. The molecule has 92 valence electrons. The van der Waals surface area contributed by atoms with Crippen LogP contribution < -0.4 is 5.73 Å². The Hall–Kier alpha value is -2.15. The van der Waals surface area contributed by atoms with Gasteiger partial charge in [0.25, 0.3) is 0 Å².